The van der Waals surface area contributed by atoms with Gasteiger partial charge < -0.3 is 0 Å². The number of pyridine rings is 1. The zero-order valence-corrected chi connectivity index (χ0v) is 7.19. The van der Waals surface area contributed by atoms with Crippen molar-refractivity contribution in [3.63, 3.8) is 0 Å². The first kappa shape index (κ1) is 9.31. The van der Waals surface area contributed by atoms with Gasteiger partial charge in [0, 0.05) is 12.3 Å². The van der Waals surface area contributed by atoms with E-state index in [1.807, 2.05) is 0 Å². The van der Waals surface area contributed by atoms with E-state index < -0.39 is 17.3 Å². The molecule has 1 aromatic heterocycles. The summed E-state index contributed by atoms with van der Waals surface area (Å²) in [5.41, 5.74) is -1.69. The van der Waals surface area contributed by atoms with Gasteiger partial charge in [0.2, 0.25) is 0 Å². The molecular weight excluding hydrogens is 239 g/mol. The molecule has 66 valence electrons. The smallest absolute Gasteiger partial charge is 0.268 e. The molecule has 0 saturated carbocycles. The second-order valence-corrected chi connectivity index (χ2v) is 2.83. The van der Waals surface area contributed by atoms with Crippen molar-refractivity contribution in [3.05, 3.63) is 34.2 Å². The fourth-order valence-electron chi connectivity index (χ4n) is 0.638. The topological polar surface area (TPSA) is 22.0 Å². The van der Waals surface area contributed by atoms with Crippen molar-refractivity contribution in [2.75, 3.05) is 0 Å². The predicted molar refractivity (Wildman–Crippen MR) is 40.0 cm³/mol. The molecule has 0 fully saturated rings. The fraction of sp³-hybridized carbons (Fsp3) is 0.167. The molecule has 0 unspecified atom stereocenters. The second kappa shape index (κ2) is 2.93. The van der Waals surface area contributed by atoms with Crippen LogP contribution in [-0.2, 0) is 6.18 Å². The first-order valence-electron chi connectivity index (χ1n) is 2.87. The third-order valence-electron chi connectivity index (χ3n) is 1.20. The summed E-state index contributed by atoms with van der Waals surface area (Å²) in [4.78, 5) is 10.7. The number of aromatic nitrogens is 1. The molecule has 0 bridgehead atoms. The highest BCUT2D eigenvalue weighted by Gasteiger charge is 2.30. The van der Waals surface area contributed by atoms with Crippen LogP contribution >= 0.6 is 16.1 Å². The molecular formula is C6H3BrF3NO. The van der Waals surface area contributed by atoms with Gasteiger partial charge in [-0.05, 0) is 6.07 Å². The number of alkyl halides is 3. The Morgan fingerprint density at radius 2 is 2.00 bits per heavy atom. The minimum Gasteiger partial charge on any atom is -0.268 e. The minimum atomic E-state index is -4.46. The number of rotatable bonds is 0. The summed E-state index contributed by atoms with van der Waals surface area (Å²) >= 11 is 2.73. The maximum Gasteiger partial charge on any atom is 0.416 e. The number of hydrogen-bond donors (Lipinski definition) is 0. The summed E-state index contributed by atoms with van der Waals surface area (Å²) < 4.78 is 36.7. The van der Waals surface area contributed by atoms with E-state index in [1.54, 1.807) is 0 Å². The number of hydrogen-bond acceptors (Lipinski definition) is 1. The fourth-order valence-corrected chi connectivity index (χ4v) is 0.859. The molecule has 0 aliphatic heterocycles. The largest absolute Gasteiger partial charge is 0.416 e. The van der Waals surface area contributed by atoms with Crippen molar-refractivity contribution in [1.82, 2.24) is 3.59 Å². The summed E-state index contributed by atoms with van der Waals surface area (Å²) in [6.07, 6.45) is -3.45. The summed E-state index contributed by atoms with van der Waals surface area (Å²) in [6, 6.07) is 1.34. The Hall–Kier alpha value is -0.780. The Labute approximate surface area is 74.0 Å². The first-order valence-corrected chi connectivity index (χ1v) is 3.58. The average Bonchev–Trinajstić information content (AvgIpc) is 1.92. The SMILES string of the molecule is O=c1cc(C(F)(F)F)ccn1Br. The lowest BCUT2D eigenvalue weighted by Gasteiger charge is -2.04. The van der Waals surface area contributed by atoms with Gasteiger partial charge in [0.05, 0.1) is 21.7 Å². The van der Waals surface area contributed by atoms with Gasteiger partial charge in [-0.25, -0.2) is 0 Å². The minimum absolute atomic E-state index is 0.523. The number of nitrogens with zero attached hydrogens (tertiary/aromatic N) is 1. The lowest BCUT2D eigenvalue weighted by Crippen LogP contribution is -2.15. The zero-order chi connectivity index (χ0) is 9.35. The van der Waals surface area contributed by atoms with Gasteiger partial charge in [0.25, 0.3) is 5.56 Å². The van der Waals surface area contributed by atoms with Crippen LogP contribution in [0.3, 0.4) is 0 Å². The highest BCUT2D eigenvalue weighted by molar-refractivity contribution is 9.08. The van der Waals surface area contributed by atoms with Crippen LogP contribution in [0.5, 0.6) is 0 Å². The molecule has 0 radical (unpaired) electrons. The maximum absolute atomic E-state index is 11.9. The van der Waals surface area contributed by atoms with Crippen molar-refractivity contribution < 1.29 is 13.2 Å². The molecule has 12 heavy (non-hydrogen) atoms. The zero-order valence-electron chi connectivity index (χ0n) is 5.60. The molecule has 1 aromatic rings. The summed E-state index contributed by atoms with van der Waals surface area (Å²) in [6.45, 7) is 0. The molecule has 0 aromatic carbocycles. The normalized spacial score (nSPS) is 11.7. The lowest BCUT2D eigenvalue weighted by molar-refractivity contribution is -0.137. The van der Waals surface area contributed by atoms with Crippen LogP contribution < -0.4 is 5.56 Å². The Kier molecular flexibility index (Phi) is 2.27. The summed E-state index contributed by atoms with van der Waals surface area (Å²) in [5, 5.41) is 0. The van der Waals surface area contributed by atoms with Crippen molar-refractivity contribution in [1.29, 1.82) is 0 Å². The Morgan fingerprint density at radius 3 is 2.42 bits per heavy atom. The average molecular weight is 242 g/mol. The first-order chi connectivity index (χ1) is 5.41. The van der Waals surface area contributed by atoms with Crippen LogP contribution in [0.15, 0.2) is 23.1 Å². The molecule has 0 saturated heterocycles. The lowest BCUT2D eigenvalue weighted by atomic mass is 10.3. The highest BCUT2D eigenvalue weighted by Crippen LogP contribution is 2.27. The van der Waals surface area contributed by atoms with E-state index >= 15 is 0 Å². The van der Waals surface area contributed by atoms with Gasteiger partial charge in [0.1, 0.15) is 0 Å². The quantitative estimate of drug-likeness (QED) is 0.682. The van der Waals surface area contributed by atoms with E-state index in [0.29, 0.717) is 6.07 Å². The molecule has 0 amide bonds. The molecule has 2 nitrogen and oxygen atoms in total. The van der Waals surface area contributed by atoms with Crippen molar-refractivity contribution >= 4 is 16.1 Å². The van der Waals surface area contributed by atoms with Gasteiger partial charge in [0.15, 0.2) is 0 Å². The van der Waals surface area contributed by atoms with Crippen molar-refractivity contribution in [2.45, 2.75) is 6.18 Å². The van der Waals surface area contributed by atoms with Gasteiger partial charge in [-0.2, -0.15) is 13.2 Å². The van der Waals surface area contributed by atoms with E-state index in [1.165, 1.54) is 0 Å². The summed E-state index contributed by atoms with van der Waals surface area (Å²) in [5.74, 6) is 0. The third kappa shape index (κ3) is 1.88. The highest BCUT2D eigenvalue weighted by atomic mass is 79.9. The van der Waals surface area contributed by atoms with E-state index in [9.17, 15) is 18.0 Å². The van der Waals surface area contributed by atoms with Gasteiger partial charge in [-0.3, -0.25) is 8.39 Å². The van der Waals surface area contributed by atoms with E-state index in [-0.39, 0.29) is 0 Å². The van der Waals surface area contributed by atoms with Gasteiger partial charge in [-0.15, -0.1) is 0 Å². The van der Waals surface area contributed by atoms with Gasteiger partial charge in [-0.1, -0.05) is 0 Å². The van der Waals surface area contributed by atoms with E-state index in [2.05, 4.69) is 16.1 Å². The second-order valence-electron chi connectivity index (χ2n) is 2.06. The van der Waals surface area contributed by atoms with Crippen molar-refractivity contribution in [2.24, 2.45) is 0 Å². The molecule has 1 heterocycles. The molecule has 0 atom stereocenters. The van der Waals surface area contributed by atoms with Crippen LogP contribution in [0.2, 0.25) is 0 Å². The van der Waals surface area contributed by atoms with Crippen LogP contribution in [-0.4, -0.2) is 3.59 Å². The molecule has 6 heteroatoms. The standard InChI is InChI=1S/C6H3BrF3NO/c7-11-2-1-4(3-5(11)12)6(8,9)10/h1-3H. The van der Waals surface area contributed by atoms with Crippen LogP contribution in [0.4, 0.5) is 13.2 Å². The molecule has 1 rings (SSSR count). The van der Waals surface area contributed by atoms with Crippen LogP contribution in [0.1, 0.15) is 5.56 Å². The Morgan fingerprint density at radius 1 is 1.42 bits per heavy atom. The van der Waals surface area contributed by atoms with E-state index in [4.69, 9.17) is 0 Å². The number of halogens is 4. The summed E-state index contributed by atoms with van der Waals surface area (Å²) in [7, 11) is 0. The molecule has 0 aliphatic rings. The Balaban J connectivity index is 3.23. The molecule has 0 spiro atoms. The Bertz CT molecular complexity index is 343. The monoisotopic (exact) mass is 241 g/mol. The molecule has 0 N–H and O–H groups in total. The van der Waals surface area contributed by atoms with Crippen molar-refractivity contribution in [3.8, 4) is 0 Å². The predicted octanol–water partition coefficient (Wildman–Crippen LogP) is 2.03. The maximum atomic E-state index is 11.9. The van der Waals surface area contributed by atoms with Crippen LogP contribution in [0.25, 0.3) is 0 Å². The van der Waals surface area contributed by atoms with Gasteiger partial charge >= 0.3 is 6.18 Å². The van der Waals surface area contributed by atoms with Crippen LogP contribution in [0, 0.1) is 0 Å². The molecule has 0 aliphatic carbocycles. The van der Waals surface area contributed by atoms with E-state index in [0.717, 1.165) is 15.9 Å². The third-order valence-corrected chi connectivity index (χ3v) is 1.79.